The van der Waals surface area contributed by atoms with Gasteiger partial charge in [-0.2, -0.15) is 0 Å². The van der Waals surface area contributed by atoms with Crippen molar-refractivity contribution in [2.45, 2.75) is 74.5 Å². The molecule has 0 heterocycles. The van der Waals surface area contributed by atoms with E-state index in [1.54, 1.807) is 0 Å². The molecule has 43 heavy (non-hydrogen) atoms. The summed E-state index contributed by atoms with van der Waals surface area (Å²) in [6.45, 7) is 17.9. The second-order valence-electron chi connectivity index (χ2n) is 13.1. The SMILES string of the molecule is Cc1cc2c(cc1C)[CH]([Zr]([O]c1ccccc1C(C)C)([O]c1ccccc1C(C)C)[CH]1C=Cc3cc(C)c(C)cc31)C=C2. The van der Waals surface area contributed by atoms with Crippen molar-refractivity contribution < 1.29 is 26.8 Å². The van der Waals surface area contributed by atoms with Gasteiger partial charge in [0.15, 0.2) is 0 Å². The summed E-state index contributed by atoms with van der Waals surface area (Å²) in [6, 6.07) is 26.7. The van der Waals surface area contributed by atoms with Crippen molar-refractivity contribution in [2.24, 2.45) is 0 Å². The van der Waals surface area contributed by atoms with Gasteiger partial charge in [-0.05, 0) is 0 Å². The van der Waals surface area contributed by atoms with E-state index in [1.807, 2.05) is 0 Å². The Hall–Kier alpha value is -3.16. The zero-order valence-electron chi connectivity index (χ0n) is 26.9. The van der Waals surface area contributed by atoms with Gasteiger partial charge < -0.3 is 0 Å². The Bertz CT molecular complexity index is 1610. The Morgan fingerprint density at radius 1 is 0.535 bits per heavy atom. The topological polar surface area (TPSA) is 18.5 Å². The maximum absolute atomic E-state index is 7.74. The zero-order valence-corrected chi connectivity index (χ0v) is 29.3. The Balaban J connectivity index is 1.65. The van der Waals surface area contributed by atoms with Gasteiger partial charge in [-0.25, -0.2) is 0 Å². The summed E-state index contributed by atoms with van der Waals surface area (Å²) in [5, 5.41) is 0. The Labute approximate surface area is 264 Å². The van der Waals surface area contributed by atoms with Crippen LogP contribution in [-0.2, 0) is 21.1 Å². The van der Waals surface area contributed by atoms with Crippen molar-refractivity contribution in [3.05, 3.63) is 141 Å². The van der Waals surface area contributed by atoms with Crippen molar-refractivity contribution in [1.29, 1.82) is 0 Å². The molecule has 4 aromatic carbocycles. The van der Waals surface area contributed by atoms with Gasteiger partial charge in [0.05, 0.1) is 0 Å². The molecule has 3 heteroatoms. The summed E-state index contributed by atoms with van der Waals surface area (Å²) in [6.07, 6.45) is 9.44. The molecular weight excluding hydrogens is 604 g/mol. The molecule has 0 amide bonds. The number of hydrogen-bond donors (Lipinski definition) is 0. The first-order valence-electron chi connectivity index (χ1n) is 15.7. The molecule has 0 N–H and O–H groups in total. The van der Waals surface area contributed by atoms with E-state index >= 15 is 0 Å². The van der Waals surface area contributed by atoms with Crippen LogP contribution in [0.2, 0.25) is 0 Å². The van der Waals surface area contributed by atoms with Crippen LogP contribution in [0.4, 0.5) is 0 Å². The minimum atomic E-state index is -4.46. The molecule has 2 nitrogen and oxygen atoms in total. The van der Waals surface area contributed by atoms with Gasteiger partial charge in [-0.3, -0.25) is 0 Å². The van der Waals surface area contributed by atoms with Crippen molar-refractivity contribution in [3.8, 4) is 11.5 Å². The molecule has 0 spiro atoms. The fourth-order valence-corrected chi connectivity index (χ4v) is 16.8. The summed E-state index contributed by atoms with van der Waals surface area (Å²) < 4.78 is 15.6. The Kier molecular flexibility index (Phi) is 8.16. The number of fused-ring (bicyclic) bond motifs is 2. The van der Waals surface area contributed by atoms with E-state index in [1.165, 1.54) is 55.6 Å². The normalized spacial score (nSPS) is 17.1. The van der Waals surface area contributed by atoms with Crippen molar-refractivity contribution in [2.75, 3.05) is 0 Å². The van der Waals surface area contributed by atoms with Gasteiger partial charge in [-0.15, -0.1) is 0 Å². The second-order valence-corrected chi connectivity index (χ2v) is 20.7. The summed E-state index contributed by atoms with van der Waals surface area (Å²) in [5.74, 6) is 2.59. The van der Waals surface area contributed by atoms with Crippen LogP contribution in [0.1, 0.15) is 102 Å². The average molecular weight is 648 g/mol. The third-order valence-electron chi connectivity index (χ3n) is 9.49. The summed E-state index contributed by atoms with van der Waals surface area (Å²) >= 11 is -4.46. The molecule has 0 radical (unpaired) electrons. The molecule has 4 aromatic rings. The van der Waals surface area contributed by atoms with Crippen LogP contribution < -0.4 is 5.63 Å². The first-order chi connectivity index (χ1) is 20.6. The number of rotatable bonds is 8. The molecule has 2 aliphatic rings. The molecule has 2 atom stereocenters. The van der Waals surface area contributed by atoms with E-state index in [4.69, 9.17) is 5.63 Å². The van der Waals surface area contributed by atoms with Crippen LogP contribution in [0.5, 0.6) is 11.5 Å². The third-order valence-corrected chi connectivity index (χ3v) is 18.9. The van der Waals surface area contributed by atoms with E-state index in [2.05, 4.69) is 152 Å². The predicted octanol–water partition coefficient (Wildman–Crippen LogP) is 11.1. The maximum atomic E-state index is 7.74. The van der Waals surface area contributed by atoms with Crippen LogP contribution in [-0.4, -0.2) is 0 Å². The summed E-state index contributed by atoms with van der Waals surface area (Å²) in [4.78, 5) is 0. The molecule has 0 aliphatic heterocycles. The fraction of sp³-hybridized carbons (Fsp3) is 0.300. The summed E-state index contributed by atoms with van der Waals surface area (Å²) in [7, 11) is 0. The van der Waals surface area contributed by atoms with Crippen LogP contribution in [0, 0.1) is 27.7 Å². The van der Waals surface area contributed by atoms with Gasteiger partial charge in [-0.1, -0.05) is 0 Å². The molecular formula is C40H44O2Zr. The van der Waals surface area contributed by atoms with Gasteiger partial charge in [0, 0.05) is 0 Å². The number of benzene rings is 4. The number of aryl methyl sites for hydroxylation is 4. The second kappa shape index (κ2) is 11.7. The van der Waals surface area contributed by atoms with Crippen LogP contribution in [0.25, 0.3) is 12.2 Å². The third kappa shape index (κ3) is 5.40. The Morgan fingerprint density at radius 2 is 0.907 bits per heavy atom. The first-order valence-corrected chi connectivity index (χ1v) is 20.6. The fourth-order valence-electron chi connectivity index (χ4n) is 6.77. The van der Waals surface area contributed by atoms with Gasteiger partial charge in [0.2, 0.25) is 0 Å². The van der Waals surface area contributed by atoms with Crippen molar-refractivity contribution in [3.63, 3.8) is 0 Å². The monoisotopic (exact) mass is 646 g/mol. The van der Waals surface area contributed by atoms with E-state index < -0.39 is 21.1 Å². The molecule has 2 unspecified atom stereocenters. The molecule has 220 valence electrons. The zero-order chi connectivity index (χ0) is 30.5. The van der Waals surface area contributed by atoms with Crippen LogP contribution in [0.15, 0.2) is 84.9 Å². The average Bonchev–Trinajstić information content (AvgIpc) is 3.57. The van der Waals surface area contributed by atoms with Gasteiger partial charge in [0.25, 0.3) is 0 Å². The number of allylic oxidation sites excluding steroid dienone is 2. The predicted molar refractivity (Wildman–Crippen MR) is 178 cm³/mol. The molecule has 0 aromatic heterocycles. The molecule has 0 saturated heterocycles. The Morgan fingerprint density at radius 3 is 1.30 bits per heavy atom. The minimum absolute atomic E-state index is 0.0613. The number of para-hydroxylation sites is 2. The molecule has 0 fully saturated rings. The van der Waals surface area contributed by atoms with E-state index in [9.17, 15) is 0 Å². The van der Waals surface area contributed by atoms with Crippen molar-refractivity contribution >= 4 is 12.2 Å². The molecule has 0 saturated carbocycles. The standard InChI is InChI=1S/2C11H11.2C9H12O.Zr/c2*1-8-6-10-4-3-5-11(10)7-9(8)2;2*1-7(2)8-5-3-4-6-9(8)10;/h2*3-7H,1-2H3;2*3-7,10H,1-2H3;/q;;;;+2/p-2. The van der Waals surface area contributed by atoms with Crippen LogP contribution in [0.3, 0.4) is 0 Å². The first kappa shape index (κ1) is 29.9. The van der Waals surface area contributed by atoms with E-state index in [-0.39, 0.29) is 7.25 Å². The van der Waals surface area contributed by atoms with Crippen LogP contribution >= 0.6 is 0 Å². The van der Waals surface area contributed by atoms with Gasteiger partial charge in [0.1, 0.15) is 0 Å². The number of hydrogen-bond acceptors (Lipinski definition) is 2. The summed E-state index contributed by atoms with van der Waals surface area (Å²) in [5.41, 5.74) is 13.0. The quantitative estimate of drug-likeness (QED) is 0.189. The molecule has 2 aliphatic carbocycles. The molecule has 0 bridgehead atoms. The van der Waals surface area contributed by atoms with E-state index in [0.29, 0.717) is 11.8 Å². The van der Waals surface area contributed by atoms with E-state index in [0.717, 1.165) is 11.5 Å². The van der Waals surface area contributed by atoms with Gasteiger partial charge >= 0.3 is 265 Å². The van der Waals surface area contributed by atoms with Crippen molar-refractivity contribution in [1.82, 2.24) is 0 Å². The molecule has 6 rings (SSSR count).